The van der Waals surface area contributed by atoms with E-state index in [0.717, 1.165) is 19.3 Å². The van der Waals surface area contributed by atoms with Crippen molar-refractivity contribution in [2.45, 2.75) is 40.0 Å². The molecule has 0 amide bonds. The van der Waals surface area contributed by atoms with Gasteiger partial charge in [0.05, 0.1) is 6.61 Å². The number of para-hydroxylation sites is 1. The van der Waals surface area contributed by atoms with Crippen LogP contribution < -0.4 is 0 Å². The summed E-state index contributed by atoms with van der Waals surface area (Å²) in [7, 11) is 0. The highest BCUT2D eigenvalue weighted by atomic mass is 16.5. The van der Waals surface area contributed by atoms with Crippen molar-refractivity contribution < 1.29 is 14.6 Å². The van der Waals surface area contributed by atoms with Gasteiger partial charge in [0, 0.05) is 5.56 Å². The minimum absolute atomic E-state index is 0.0194. The Labute approximate surface area is 144 Å². The number of nitriles is 1. The third-order valence-electron chi connectivity index (χ3n) is 3.63. The van der Waals surface area contributed by atoms with Gasteiger partial charge < -0.3 is 9.84 Å². The van der Waals surface area contributed by atoms with Crippen LogP contribution in [0.4, 0.5) is 0 Å². The molecule has 0 aromatic heterocycles. The molecule has 1 atom stereocenters. The first-order chi connectivity index (χ1) is 11.4. The minimum Gasteiger partial charge on any atom is -0.507 e. The van der Waals surface area contributed by atoms with E-state index in [1.807, 2.05) is 6.07 Å². The Kier molecular flexibility index (Phi) is 8.35. The minimum atomic E-state index is -0.655. The van der Waals surface area contributed by atoms with Gasteiger partial charge >= 0.3 is 5.97 Å². The lowest BCUT2D eigenvalue weighted by Gasteiger charge is -2.10. The van der Waals surface area contributed by atoms with Crippen LogP contribution in [0.5, 0.6) is 5.75 Å². The highest BCUT2D eigenvalue weighted by molar-refractivity contribution is 5.98. The van der Waals surface area contributed by atoms with Crippen molar-refractivity contribution in [3.05, 3.63) is 47.1 Å². The molecule has 0 spiro atoms. The van der Waals surface area contributed by atoms with E-state index in [2.05, 4.69) is 26.8 Å². The van der Waals surface area contributed by atoms with Gasteiger partial charge in [-0.05, 0) is 51.2 Å². The lowest BCUT2D eigenvalue weighted by atomic mass is 10.0. The molecule has 0 aliphatic heterocycles. The lowest BCUT2D eigenvalue weighted by molar-refractivity contribution is -0.138. The predicted octanol–water partition coefficient (Wildman–Crippen LogP) is 4.61. The first-order valence-corrected chi connectivity index (χ1v) is 8.14. The summed E-state index contributed by atoms with van der Waals surface area (Å²) in [5, 5.41) is 18.8. The van der Waals surface area contributed by atoms with Crippen LogP contribution in [0.25, 0.3) is 6.08 Å². The number of hydrogen-bond donors (Lipinski definition) is 1. The lowest BCUT2D eigenvalue weighted by Crippen LogP contribution is -2.10. The second kappa shape index (κ2) is 10.3. The van der Waals surface area contributed by atoms with Crippen molar-refractivity contribution in [1.82, 2.24) is 0 Å². The molecule has 1 aromatic carbocycles. The zero-order valence-corrected chi connectivity index (χ0v) is 14.6. The van der Waals surface area contributed by atoms with Crippen LogP contribution in [-0.4, -0.2) is 17.7 Å². The van der Waals surface area contributed by atoms with Crippen molar-refractivity contribution >= 4 is 12.0 Å². The molecule has 0 fully saturated rings. The molecule has 0 radical (unpaired) electrons. The van der Waals surface area contributed by atoms with Gasteiger partial charge in [0.15, 0.2) is 0 Å². The number of nitrogens with zero attached hydrogens (tertiary/aromatic N) is 1. The fraction of sp³-hybridized carbons (Fsp3) is 0.400. The normalized spacial score (nSPS) is 12.2. The standard InChI is InChI=1S/C20H25NO3/c1-15(2)7-6-8-16(3)11-12-24-20(23)18(14-21)13-17-9-4-5-10-19(17)22/h4-5,7,9-10,13,16,22H,6,8,11-12H2,1-3H3. The first kappa shape index (κ1) is 19.5. The maximum atomic E-state index is 12.0. The Morgan fingerprint density at radius 3 is 2.67 bits per heavy atom. The number of carbonyl (C=O) groups is 1. The molecular formula is C20H25NO3. The molecule has 1 aromatic rings. The fourth-order valence-corrected chi connectivity index (χ4v) is 2.13. The smallest absolute Gasteiger partial charge is 0.348 e. The van der Waals surface area contributed by atoms with Gasteiger partial charge in [-0.15, -0.1) is 0 Å². The van der Waals surface area contributed by atoms with E-state index in [9.17, 15) is 9.90 Å². The summed E-state index contributed by atoms with van der Waals surface area (Å²) in [6.07, 6.45) is 6.37. The number of ether oxygens (including phenoxy) is 1. The highest BCUT2D eigenvalue weighted by Gasteiger charge is 2.12. The first-order valence-electron chi connectivity index (χ1n) is 8.14. The zero-order chi connectivity index (χ0) is 17.9. The summed E-state index contributed by atoms with van der Waals surface area (Å²) < 4.78 is 5.18. The highest BCUT2D eigenvalue weighted by Crippen LogP contribution is 2.19. The van der Waals surface area contributed by atoms with Crippen LogP contribution in [0.3, 0.4) is 0 Å². The molecule has 1 N–H and O–H groups in total. The number of phenols is 1. The number of rotatable bonds is 8. The number of allylic oxidation sites excluding steroid dienone is 2. The molecule has 1 rings (SSSR count). The average molecular weight is 327 g/mol. The number of carbonyl (C=O) groups excluding carboxylic acids is 1. The number of aromatic hydroxyl groups is 1. The number of phenolic OH excluding ortho intramolecular Hbond substituents is 1. The third kappa shape index (κ3) is 7.15. The van der Waals surface area contributed by atoms with Crippen LogP contribution in [-0.2, 0) is 9.53 Å². The van der Waals surface area contributed by atoms with Crippen molar-refractivity contribution in [3.8, 4) is 11.8 Å². The number of hydrogen-bond acceptors (Lipinski definition) is 4. The Bertz CT molecular complexity index is 649. The van der Waals surface area contributed by atoms with Crippen molar-refractivity contribution in [2.24, 2.45) is 5.92 Å². The van der Waals surface area contributed by atoms with E-state index in [0.29, 0.717) is 11.5 Å². The van der Waals surface area contributed by atoms with Gasteiger partial charge in [-0.2, -0.15) is 5.26 Å². The molecule has 0 saturated heterocycles. The molecule has 4 nitrogen and oxygen atoms in total. The molecule has 0 saturated carbocycles. The maximum Gasteiger partial charge on any atom is 0.348 e. The molecule has 0 bridgehead atoms. The van der Waals surface area contributed by atoms with E-state index >= 15 is 0 Å². The molecule has 1 unspecified atom stereocenters. The van der Waals surface area contributed by atoms with E-state index in [4.69, 9.17) is 10.00 Å². The van der Waals surface area contributed by atoms with E-state index in [-0.39, 0.29) is 17.9 Å². The van der Waals surface area contributed by atoms with Crippen LogP contribution in [0.1, 0.15) is 45.6 Å². The molecule has 128 valence electrons. The summed E-state index contributed by atoms with van der Waals surface area (Å²) in [6.45, 7) is 6.56. The van der Waals surface area contributed by atoms with Crippen LogP contribution in [0.15, 0.2) is 41.5 Å². The zero-order valence-electron chi connectivity index (χ0n) is 14.6. The van der Waals surface area contributed by atoms with Crippen LogP contribution >= 0.6 is 0 Å². The molecule has 0 heterocycles. The van der Waals surface area contributed by atoms with Gasteiger partial charge in [-0.25, -0.2) is 4.79 Å². The van der Waals surface area contributed by atoms with Crippen molar-refractivity contribution in [1.29, 1.82) is 5.26 Å². The van der Waals surface area contributed by atoms with Gasteiger partial charge in [-0.3, -0.25) is 0 Å². The quantitative estimate of drug-likeness (QED) is 0.327. The van der Waals surface area contributed by atoms with Crippen LogP contribution in [0.2, 0.25) is 0 Å². The monoisotopic (exact) mass is 327 g/mol. The fourth-order valence-electron chi connectivity index (χ4n) is 2.13. The average Bonchev–Trinajstić information content (AvgIpc) is 2.53. The molecular weight excluding hydrogens is 302 g/mol. The van der Waals surface area contributed by atoms with Gasteiger partial charge in [0.1, 0.15) is 17.4 Å². The molecule has 0 aliphatic carbocycles. The van der Waals surface area contributed by atoms with Gasteiger partial charge in [0.2, 0.25) is 0 Å². The maximum absolute atomic E-state index is 12.0. The number of benzene rings is 1. The predicted molar refractivity (Wildman–Crippen MR) is 95.1 cm³/mol. The molecule has 24 heavy (non-hydrogen) atoms. The summed E-state index contributed by atoms with van der Waals surface area (Å²) in [5.74, 6) is -0.190. The van der Waals surface area contributed by atoms with Gasteiger partial charge in [0.25, 0.3) is 0 Å². The Balaban J connectivity index is 2.50. The summed E-state index contributed by atoms with van der Waals surface area (Å²) in [5.41, 5.74) is 1.61. The SMILES string of the molecule is CC(C)=CCCC(C)CCOC(=O)C(C#N)=Cc1ccccc1O. The Morgan fingerprint density at radius 2 is 2.04 bits per heavy atom. The molecule has 4 heteroatoms. The topological polar surface area (TPSA) is 70.3 Å². The van der Waals surface area contributed by atoms with Crippen molar-refractivity contribution in [3.63, 3.8) is 0 Å². The van der Waals surface area contributed by atoms with Crippen molar-refractivity contribution in [2.75, 3.05) is 6.61 Å². The third-order valence-corrected chi connectivity index (χ3v) is 3.63. The largest absolute Gasteiger partial charge is 0.507 e. The Hall–Kier alpha value is -2.54. The summed E-state index contributed by atoms with van der Waals surface area (Å²) in [6, 6.07) is 8.36. The Morgan fingerprint density at radius 1 is 1.33 bits per heavy atom. The second-order valence-corrected chi connectivity index (χ2v) is 6.12. The van der Waals surface area contributed by atoms with Crippen LogP contribution in [0, 0.1) is 17.2 Å². The van der Waals surface area contributed by atoms with E-state index in [1.54, 1.807) is 18.2 Å². The molecule has 0 aliphatic rings. The summed E-state index contributed by atoms with van der Waals surface area (Å²) in [4.78, 5) is 12.0. The van der Waals surface area contributed by atoms with Gasteiger partial charge in [-0.1, -0.05) is 36.8 Å². The van der Waals surface area contributed by atoms with E-state index in [1.165, 1.54) is 17.7 Å². The number of esters is 1. The van der Waals surface area contributed by atoms with E-state index < -0.39 is 5.97 Å². The summed E-state index contributed by atoms with van der Waals surface area (Å²) >= 11 is 0. The second-order valence-electron chi connectivity index (χ2n) is 6.12.